The Labute approximate surface area is 116 Å². The largest absolute Gasteiger partial charge is 0.478 e. The minimum Gasteiger partial charge on any atom is -0.478 e. The summed E-state index contributed by atoms with van der Waals surface area (Å²) in [5, 5.41) is 14.9. The highest BCUT2D eigenvalue weighted by molar-refractivity contribution is 6.33. The summed E-state index contributed by atoms with van der Waals surface area (Å²) in [5.74, 6) is -0.945. The minimum atomic E-state index is -1.09. The molecule has 19 heavy (non-hydrogen) atoms. The summed E-state index contributed by atoms with van der Waals surface area (Å²) >= 11 is 5.85. The lowest BCUT2D eigenvalue weighted by Crippen LogP contribution is -2.27. The summed E-state index contributed by atoms with van der Waals surface area (Å²) in [6.45, 7) is 3.51. The van der Waals surface area contributed by atoms with Gasteiger partial charge in [-0.25, -0.2) is 4.79 Å². The Bertz CT molecular complexity index is 519. The zero-order valence-electron chi connectivity index (χ0n) is 10.4. The van der Waals surface area contributed by atoms with Crippen LogP contribution in [-0.4, -0.2) is 30.1 Å². The molecule has 1 aromatic carbocycles. The Balaban J connectivity index is 2.09. The Morgan fingerprint density at radius 2 is 2.16 bits per heavy atom. The number of anilines is 1. The normalized spacial score (nSPS) is 22.2. The highest BCUT2D eigenvalue weighted by atomic mass is 35.5. The molecule has 0 aliphatic carbocycles. The van der Waals surface area contributed by atoms with Crippen molar-refractivity contribution >= 4 is 29.2 Å². The minimum absolute atomic E-state index is 0.0237. The molecule has 0 bridgehead atoms. The molecule has 0 unspecified atom stereocenters. The van der Waals surface area contributed by atoms with E-state index < -0.39 is 5.97 Å². The predicted molar refractivity (Wildman–Crippen MR) is 72.6 cm³/mol. The van der Waals surface area contributed by atoms with Gasteiger partial charge in [0.05, 0.1) is 16.5 Å². The predicted octanol–water partition coefficient (Wildman–Crippen LogP) is 1.83. The maximum Gasteiger partial charge on any atom is 0.337 e. The van der Waals surface area contributed by atoms with Gasteiger partial charge < -0.3 is 15.7 Å². The maximum atomic E-state index is 12.0. The number of hydrogen-bond acceptors (Lipinski definition) is 3. The third-order valence-corrected chi connectivity index (χ3v) is 3.63. The standard InChI is InChI=1S/C13H15ClN2O3/c1-7-5-15-6-10(7)12(17)16-8-2-3-9(13(18)19)11(14)4-8/h2-4,7,10,15H,5-6H2,1H3,(H,16,17)(H,18,19)/t7-,10-/m1/s1. The van der Waals surface area contributed by atoms with Crippen LogP contribution in [0.4, 0.5) is 5.69 Å². The van der Waals surface area contributed by atoms with E-state index in [9.17, 15) is 9.59 Å². The molecule has 2 atom stereocenters. The number of carboxylic acids is 1. The number of amides is 1. The van der Waals surface area contributed by atoms with Crippen LogP contribution in [0.5, 0.6) is 0 Å². The van der Waals surface area contributed by atoms with Gasteiger partial charge in [0.25, 0.3) is 0 Å². The van der Waals surface area contributed by atoms with Crippen molar-refractivity contribution in [3.8, 4) is 0 Å². The molecule has 1 aromatic rings. The molecule has 6 heteroatoms. The van der Waals surface area contributed by atoms with Crippen LogP contribution >= 0.6 is 11.6 Å². The first-order valence-corrected chi connectivity index (χ1v) is 6.41. The molecule has 0 aromatic heterocycles. The van der Waals surface area contributed by atoms with Crippen LogP contribution < -0.4 is 10.6 Å². The van der Waals surface area contributed by atoms with Gasteiger partial charge in [-0.2, -0.15) is 0 Å². The van der Waals surface area contributed by atoms with Crippen LogP contribution in [0.2, 0.25) is 5.02 Å². The third kappa shape index (κ3) is 3.05. The number of benzene rings is 1. The van der Waals surface area contributed by atoms with Crippen LogP contribution in [-0.2, 0) is 4.79 Å². The van der Waals surface area contributed by atoms with Gasteiger partial charge in [-0.15, -0.1) is 0 Å². The van der Waals surface area contributed by atoms with Crippen molar-refractivity contribution in [2.24, 2.45) is 11.8 Å². The van der Waals surface area contributed by atoms with E-state index in [4.69, 9.17) is 16.7 Å². The van der Waals surface area contributed by atoms with E-state index in [0.29, 0.717) is 12.2 Å². The van der Waals surface area contributed by atoms with Crippen molar-refractivity contribution in [1.82, 2.24) is 5.32 Å². The molecule has 1 aliphatic rings. The third-order valence-electron chi connectivity index (χ3n) is 3.32. The molecule has 0 radical (unpaired) electrons. The molecule has 102 valence electrons. The molecule has 1 amide bonds. The van der Waals surface area contributed by atoms with E-state index in [0.717, 1.165) is 6.54 Å². The zero-order chi connectivity index (χ0) is 14.0. The SMILES string of the molecule is C[C@@H]1CNC[C@H]1C(=O)Nc1ccc(C(=O)O)c(Cl)c1. The Hall–Kier alpha value is -1.59. The van der Waals surface area contributed by atoms with Gasteiger partial charge in [-0.1, -0.05) is 18.5 Å². The summed E-state index contributed by atoms with van der Waals surface area (Å²) in [6, 6.07) is 4.38. The Kier molecular flexibility index (Phi) is 4.07. The summed E-state index contributed by atoms with van der Waals surface area (Å²) in [5.41, 5.74) is 0.537. The second-order valence-corrected chi connectivity index (χ2v) is 5.14. The smallest absolute Gasteiger partial charge is 0.337 e. The molecule has 5 nitrogen and oxygen atoms in total. The number of carbonyl (C=O) groups excluding carboxylic acids is 1. The van der Waals surface area contributed by atoms with E-state index in [1.54, 1.807) is 6.07 Å². The number of hydrogen-bond donors (Lipinski definition) is 3. The van der Waals surface area contributed by atoms with Crippen molar-refractivity contribution in [1.29, 1.82) is 0 Å². The van der Waals surface area contributed by atoms with E-state index >= 15 is 0 Å². The fourth-order valence-electron chi connectivity index (χ4n) is 2.16. The summed E-state index contributed by atoms with van der Waals surface area (Å²) < 4.78 is 0. The molecular formula is C13H15ClN2O3. The molecule has 2 rings (SSSR count). The van der Waals surface area contributed by atoms with E-state index in [-0.39, 0.29) is 28.3 Å². The van der Waals surface area contributed by atoms with E-state index in [2.05, 4.69) is 10.6 Å². The lowest BCUT2D eigenvalue weighted by molar-refractivity contribution is -0.120. The van der Waals surface area contributed by atoms with Gasteiger partial charge in [0.2, 0.25) is 5.91 Å². The number of carbonyl (C=O) groups is 2. The fraction of sp³-hybridized carbons (Fsp3) is 0.385. The second-order valence-electron chi connectivity index (χ2n) is 4.73. The highest BCUT2D eigenvalue weighted by Crippen LogP contribution is 2.23. The van der Waals surface area contributed by atoms with E-state index in [1.807, 2.05) is 6.92 Å². The molecule has 1 heterocycles. The first-order valence-electron chi connectivity index (χ1n) is 6.03. The van der Waals surface area contributed by atoms with Gasteiger partial charge in [0.15, 0.2) is 0 Å². The van der Waals surface area contributed by atoms with Crippen LogP contribution in [0.15, 0.2) is 18.2 Å². The fourth-order valence-corrected chi connectivity index (χ4v) is 2.42. The van der Waals surface area contributed by atoms with Gasteiger partial charge >= 0.3 is 5.97 Å². The molecular weight excluding hydrogens is 268 g/mol. The molecule has 0 saturated carbocycles. The van der Waals surface area contributed by atoms with Gasteiger partial charge in [0.1, 0.15) is 0 Å². The first-order chi connectivity index (χ1) is 8.99. The molecule has 3 N–H and O–H groups in total. The maximum absolute atomic E-state index is 12.0. The highest BCUT2D eigenvalue weighted by Gasteiger charge is 2.29. The van der Waals surface area contributed by atoms with Crippen molar-refractivity contribution in [2.75, 3.05) is 18.4 Å². The Morgan fingerprint density at radius 3 is 2.68 bits per heavy atom. The zero-order valence-corrected chi connectivity index (χ0v) is 11.2. The number of rotatable bonds is 3. The molecule has 1 aliphatic heterocycles. The van der Waals surface area contributed by atoms with Crippen LogP contribution in [0, 0.1) is 11.8 Å². The lowest BCUT2D eigenvalue weighted by Gasteiger charge is -2.14. The number of nitrogens with one attached hydrogen (secondary N) is 2. The van der Waals surface area contributed by atoms with Crippen LogP contribution in [0.25, 0.3) is 0 Å². The average Bonchev–Trinajstić information content (AvgIpc) is 2.75. The summed E-state index contributed by atoms with van der Waals surface area (Å²) in [4.78, 5) is 22.9. The summed E-state index contributed by atoms with van der Waals surface area (Å²) in [6.07, 6.45) is 0. The monoisotopic (exact) mass is 282 g/mol. The number of aromatic carboxylic acids is 1. The first kappa shape index (κ1) is 13.8. The quantitative estimate of drug-likeness (QED) is 0.790. The second kappa shape index (κ2) is 5.59. The van der Waals surface area contributed by atoms with Gasteiger partial charge in [0, 0.05) is 12.2 Å². The average molecular weight is 283 g/mol. The molecule has 1 fully saturated rings. The topological polar surface area (TPSA) is 78.4 Å². The number of carboxylic acid groups (broad SMARTS) is 1. The van der Waals surface area contributed by atoms with Gasteiger partial charge in [-0.05, 0) is 30.7 Å². The summed E-state index contributed by atoms with van der Waals surface area (Å²) in [7, 11) is 0. The Morgan fingerprint density at radius 1 is 1.42 bits per heavy atom. The molecule has 0 spiro atoms. The molecule has 1 saturated heterocycles. The van der Waals surface area contributed by atoms with Crippen molar-refractivity contribution < 1.29 is 14.7 Å². The van der Waals surface area contributed by atoms with Crippen LogP contribution in [0.1, 0.15) is 17.3 Å². The van der Waals surface area contributed by atoms with Crippen molar-refractivity contribution in [3.63, 3.8) is 0 Å². The van der Waals surface area contributed by atoms with Crippen molar-refractivity contribution in [2.45, 2.75) is 6.92 Å². The van der Waals surface area contributed by atoms with Gasteiger partial charge in [-0.3, -0.25) is 4.79 Å². The van der Waals surface area contributed by atoms with E-state index in [1.165, 1.54) is 12.1 Å². The lowest BCUT2D eigenvalue weighted by atomic mass is 9.97. The van der Waals surface area contributed by atoms with Crippen molar-refractivity contribution in [3.05, 3.63) is 28.8 Å². The number of halogens is 1. The van der Waals surface area contributed by atoms with Crippen LogP contribution in [0.3, 0.4) is 0 Å².